The number of hydrogen-bond acceptors (Lipinski definition) is 6. The lowest BCUT2D eigenvalue weighted by Gasteiger charge is -2.09. The topological polar surface area (TPSA) is 85.8 Å². The fraction of sp³-hybridized carbons (Fsp3) is 0.0417. The third-order valence-electron chi connectivity index (χ3n) is 5.39. The van der Waals surface area contributed by atoms with Crippen molar-refractivity contribution in [1.29, 1.82) is 0 Å². The average Bonchev–Trinajstić information content (AvgIpc) is 3.42. The summed E-state index contributed by atoms with van der Waals surface area (Å²) < 4.78 is 3.48. The first kappa shape index (κ1) is 18.2. The highest BCUT2D eigenvalue weighted by Crippen LogP contribution is 2.32. The van der Waals surface area contributed by atoms with Crippen LogP contribution in [0.3, 0.4) is 0 Å². The molecule has 1 N–H and O–H groups in total. The molecule has 0 aliphatic heterocycles. The summed E-state index contributed by atoms with van der Waals surface area (Å²) in [6.07, 6.45) is 3.55. The van der Waals surface area contributed by atoms with Crippen molar-refractivity contribution >= 4 is 28.3 Å². The van der Waals surface area contributed by atoms with E-state index in [1.54, 1.807) is 21.6 Å². The molecule has 0 saturated heterocycles. The number of rotatable bonds is 4. The van der Waals surface area contributed by atoms with Crippen molar-refractivity contribution in [1.82, 2.24) is 34.6 Å². The van der Waals surface area contributed by atoms with Crippen molar-refractivity contribution in [3.8, 4) is 22.4 Å². The molecule has 0 fully saturated rings. The van der Waals surface area contributed by atoms with Gasteiger partial charge in [-0.25, -0.2) is 9.20 Å². The van der Waals surface area contributed by atoms with Crippen LogP contribution in [0, 0.1) is 0 Å². The van der Waals surface area contributed by atoms with Crippen LogP contribution in [0.2, 0.25) is 0 Å². The SMILES string of the molecule is Cn1nnc2ccc(Nc3nc4c(-c5ccccc5-c5ccccc5)nccn4n3)cc21. The second-order valence-electron chi connectivity index (χ2n) is 7.43. The second kappa shape index (κ2) is 7.28. The normalized spacial score (nSPS) is 11.3. The van der Waals surface area contributed by atoms with Crippen LogP contribution < -0.4 is 5.32 Å². The predicted molar refractivity (Wildman–Crippen MR) is 123 cm³/mol. The predicted octanol–water partition coefficient (Wildman–Crippen LogP) is 4.48. The van der Waals surface area contributed by atoms with E-state index in [-0.39, 0.29) is 0 Å². The highest BCUT2D eigenvalue weighted by Gasteiger charge is 2.15. The van der Waals surface area contributed by atoms with Crippen LogP contribution in [-0.4, -0.2) is 34.6 Å². The standard InChI is InChI=1S/C24H18N8/c1-31-21-15-17(11-12-20(21)28-30-31)26-24-27-23-22(25-13-14-32(23)29-24)19-10-6-5-9-18(19)16-7-3-2-4-8-16/h2-15H,1H3,(H,26,29). The lowest BCUT2D eigenvalue weighted by atomic mass is 9.98. The molecule has 6 aromatic rings. The molecule has 3 heterocycles. The van der Waals surface area contributed by atoms with E-state index < -0.39 is 0 Å². The van der Waals surface area contributed by atoms with Crippen molar-refractivity contribution < 1.29 is 0 Å². The van der Waals surface area contributed by atoms with Crippen molar-refractivity contribution in [2.24, 2.45) is 7.05 Å². The minimum atomic E-state index is 0.492. The molecule has 8 heteroatoms. The van der Waals surface area contributed by atoms with Crippen molar-refractivity contribution in [2.45, 2.75) is 0 Å². The van der Waals surface area contributed by atoms with E-state index in [0.29, 0.717) is 11.6 Å². The van der Waals surface area contributed by atoms with E-state index >= 15 is 0 Å². The molecule has 0 spiro atoms. The number of aromatic nitrogens is 7. The van der Waals surface area contributed by atoms with Crippen LogP contribution in [0.25, 0.3) is 39.1 Å². The van der Waals surface area contributed by atoms with E-state index in [1.165, 1.54) is 0 Å². The molecule has 0 radical (unpaired) electrons. The molecule has 0 aliphatic carbocycles. The summed E-state index contributed by atoms with van der Waals surface area (Å²) >= 11 is 0. The van der Waals surface area contributed by atoms with Crippen LogP contribution in [0.5, 0.6) is 0 Å². The molecular formula is C24H18N8. The van der Waals surface area contributed by atoms with E-state index in [0.717, 1.165) is 39.1 Å². The van der Waals surface area contributed by atoms with Gasteiger partial charge in [-0.3, -0.25) is 4.98 Å². The third-order valence-corrected chi connectivity index (χ3v) is 5.39. The number of aryl methyl sites for hydroxylation is 1. The van der Waals surface area contributed by atoms with Gasteiger partial charge in [-0.05, 0) is 29.3 Å². The van der Waals surface area contributed by atoms with Gasteiger partial charge in [-0.1, -0.05) is 59.8 Å². The fourth-order valence-electron chi connectivity index (χ4n) is 3.86. The summed E-state index contributed by atoms with van der Waals surface area (Å²) in [6.45, 7) is 0. The van der Waals surface area contributed by atoms with Gasteiger partial charge in [0, 0.05) is 30.7 Å². The Labute approximate surface area is 183 Å². The molecule has 32 heavy (non-hydrogen) atoms. The zero-order chi connectivity index (χ0) is 21.5. The number of hydrogen-bond donors (Lipinski definition) is 1. The largest absolute Gasteiger partial charge is 0.323 e. The summed E-state index contributed by atoms with van der Waals surface area (Å²) in [7, 11) is 1.87. The Morgan fingerprint density at radius 2 is 1.69 bits per heavy atom. The molecule has 0 saturated carbocycles. The molecule has 0 bridgehead atoms. The van der Waals surface area contributed by atoms with Gasteiger partial charge in [0.2, 0.25) is 5.95 Å². The lowest BCUT2D eigenvalue weighted by molar-refractivity contribution is 0.736. The summed E-state index contributed by atoms with van der Waals surface area (Å²) in [5.41, 5.74) is 7.32. The van der Waals surface area contributed by atoms with Crippen LogP contribution in [-0.2, 0) is 7.05 Å². The number of nitrogens with one attached hydrogen (secondary N) is 1. The van der Waals surface area contributed by atoms with E-state index in [1.807, 2.05) is 55.6 Å². The zero-order valence-corrected chi connectivity index (χ0v) is 17.2. The highest BCUT2D eigenvalue weighted by atomic mass is 15.4. The number of fused-ring (bicyclic) bond motifs is 2. The summed E-state index contributed by atoms with van der Waals surface area (Å²) in [4.78, 5) is 9.41. The van der Waals surface area contributed by atoms with Crippen molar-refractivity contribution in [2.75, 3.05) is 5.32 Å². The van der Waals surface area contributed by atoms with Crippen LogP contribution in [0.4, 0.5) is 11.6 Å². The summed E-state index contributed by atoms with van der Waals surface area (Å²) in [5.74, 6) is 0.492. The molecule has 0 amide bonds. The van der Waals surface area contributed by atoms with Crippen molar-refractivity contribution in [3.63, 3.8) is 0 Å². The number of anilines is 2. The minimum Gasteiger partial charge on any atom is -0.323 e. The molecular weight excluding hydrogens is 400 g/mol. The maximum atomic E-state index is 4.75. The monoisotopic (exact) mass is 418 g/mol. The summed E-state index contributed by atoms with van der Waals surface area (Å²) in [5, 5.41) is 16.1. The maximum absolute atomic E-state index is 4.75. The molecule has 0 unspecified atom stereocenters. The van der Waals surface area contributed by atoms with Gasteiger partial charge in [-0.2, -0.15) is 4.98 Å². The Bertz CT molecular complexity index is 1570. The molecule has 3 aromatic heterocycles. The van der Waals surface area contributed by atoms with E-state index in [2.05, 4.69) is 50.0 Å². The third kappa shape index (κ3) is 3.05. The van der Waals surface area contributed by atoms with Gasteiger partial charge >= 0.3 is 0 Å². The van der Waals surface area contributed by atoms with Crippen LogP contribution >= 0.6 is 0 Å². The van der Waals surface area contributed by atoms with E-state index in [4.69, 9.17) is 4.98 Å². The van der Waals surface area contributed by atoms with Gasteiger partial charge in [0.25, 0.3) is 0 Å². The minimum absolute atomic E-state index is 0.492. The van der Waals surface area contributed by atoms with E-state index in [9.17, 15) is 0 Å². The molecule has 8 nitrogen and oxygen atoms in total. The summed E-state index contributed by atoms with van der Waals surface area (Å²) in [6, 6.07) is 24.3. The number of benzene rings is 3. The maximum Gasteiger partial charge on any atom is 0.247 e. The smallest absolute Gasteiger partial charge is 0.247 e. The molecule has 3 aromatic carbocycles. The molecule has 6 rings (SSSR count). The van der Waals surface area contributed by atoms with Gasteiger partial charge in [0.05, 0.1) is 5.52 Å². The van der Waals surface area contributed by atoms with Gasteiger partial charge < -0.3 is 5.32 Å². The fourth-order valence-corrected chi connectivity index (χ4v) is 3.86. The Morgan fingerprint density at radius 3 is 2.56 bits per heavy atom. The molecule has 0 aliphatic rings. The quantitative estimate of drug-likeness (QED) is 0.454. The Hall–Kier alpha value is -4.59. The van der Waals surface area contributed by atoms with Crippen LogP contribution in [0.15, 0.2) is 85.2 Å². The van der Waals surface area contributed by atoms with Gasteiger partial charge in [0.1, 0.15) is 11.2 Å². The number of nitrogens with zero attached hydrogens (tertiary/aromatic N) is 7. The average molecular weight is 418 g/mol. The zero-order valence-electron chi connectivity index (χ0n) is 17.2. The first-order chi connectivity index (χ1) is 15.8. The first-order valence-electron chi connectivity index (χ1n) is 10.2. The Balaban J connectivity index is 1.43. The molecule has 0 atom stereocenters. The van der Waals surface area contributed by atoms with Gasteiger partial charge in [0.15, 0.2) is 5.65 Å². The van der Waals surface area contributed by atoms with Crippen molar-refractivity contribution in [3.05, 3.63) is 85.2 Å². The van der Waals surface area contributed by atoms with Gasteiger partial charge in [-0.15, -0.1) is 10.2 Å². The Morgan fingerprint density at radius 1 is 0.875 bits per heavy atom. The van der Waals surface area contributed by atoms with Crippen LogP contribution in [0.1, 0.15) is 0 Å². The second-order valence-corrected chi connectivity index (χ2v) is 7.43. The molecule has 154 valence electrons. The highest BCUT2D eigenvalue weighted by molar-refractivity contribution is 5.87. The first-order valence-corrected chi connectivity index (χ1v) is 10.2. The Kier molecular flexibility index (Phi) is 4.14. The lowest BCUT2D eigenvalue weighted by Crippen LogP contribution is -1.95.